The van der Waals surface area contributed by atoms with Crippen LogP contribution in [0.5, 0.6) is 0 Å². The Morgan fingerprint density at radius 3 is 2.58 bits per heavy atom. The van der Waals surface area contributed by atoms with Crippen molar-refractivity contribution < 1.29 is 0 Å². The van der Waals surface area contributed by atoms with Crippen LogP contribution in [-0.2, 0) is 6.42 Å². The van der Waals surface area contributed by atoms with Gasteiger partial charge in [0.1, 0.15) is 0 Å². The average Bonchev–Trinajstić information content (AvgIpc) is 2.47. The van der Waals surface area contributed by atoms with Crippen LogP contribution in [0, 0.1) is 12.8 Å². The molecule has 1 nitrogen and oxygen atoms in total. The lowest BCUT2D eigenvalue weighted by molar-refractivity contribution is 0.658. The van der Waals surface area contributed by atoms with Gasteiger partial charge in [-0.3, -0.25) is 0 Å². The standard InChI is InChI=1S/C8H11Cl2NS/c1-6-5-12-8(11-6)2-7(3-9)4-10/h5,7H,2-4H2,1H3. The molecule has 68 valence electrons. The summed E-state index contributed by atoms with van der Waals surface area (Å²) >= 11 is 13.1. The Bertz CT molecular complexity index is 233. The molecule has 12 heavy (non-hydrogen) atoms. The van der Waals surface area contributed by atoms with Crippen molar-refractivity contribution in [2.75, 3.05) is 11.8 Å². The monoisotopic (exact) mass is 223 g/mol. The van der Waals surface area contributed by atoms with Gasteiger partial charge in [0.2, 0.25) is 0 Å². The second-order valence-corrected chi connectivity index (χ2v) is 4.32. The zero-order chi connectivity index (χ0) is 8.97. The maximum absolute atomic E-state index is 5.72. The molecular weight excluding hydrogens is 213 g/mol. The Labute approximate surface area is 86.7 Å². The molecule has 0 aromatic carbocycles. The second-order valence-electron chi connectivity index (χ2n) is 2.76. The van der Waals surface area contributed by atoms with Gasteiger partial charge in [-0.2, -0.15) is 0 Å². The van der Waals surface area contributed by atoms with Gasteiger partial charge in [-0.05, 0) is 12.8 Å². The summed E-state index contributed by atoms with van der Waals surface area (Å²) in [6.45, 7) is 2.00. The zero-order valence-electron chi connectivity index (χ0n) is 6.89. The molecule has 0 N–H and O–H groups in total. The fourth-order valence-corrected chi connectivity index (χ4v) is 2.33. The quantitative estimate of drug-likeness (QED) is 0.716. The van der Waals surface area contributed by atoms with Gasteiger partial charge in [0.05, 0.1) is 5.01 Å². The number of aromatic nitrogens is 1. The average molecular weight is 224 g/mol. The number of rotatable bonds is 4. The van der Waals surface area contributed by atoms with E-state index in [0.717, 1.165) is 17.1 Å². The van der Waals surface area contributed by atoms with Crippen LogP contribution in [0.1, 0.15) is 10.7 Å². The Kier molecular flexibility index (Phi) is 4.33. The van der Waals surface area contributed by atoms with E-state index in [9.17, 15) is 0 Å². The first-order valence-corrected chi connectivity index (χ1v) is 5.74. The molecule has 1 rings (SSSR count). The third-order valence-electron chi connectivity index (χ3n) is 1.57. The predicted molar refractivity (Wildman–Crippen MR) is 55.5 cm³/mol. The van der Waals surface area contributed by atoms with Crippen LogP contribution < -0.4 is 0 Å². The van der Waals surface area contributed by atoms with Gasteiger partial charge >= 0.3 is 0 Å². The maximum atomic E-state index is 5.72. The van der Waals surface area contributed by atoms with E-state index in [4.69, 9.17) is 23.2 Å². The summed E-state index contributed by atoms with van der Waals surface area (Å²) in [6, 6.07) is 0. The van der Waals surface area contributed by atoms with E-state index < -0.39 is 0 Å². The van der Waals surface area contributed by atoms with Crippen molar-refractivity contribution in [1.29, 1.82) is 0 Å². The number of alkyl halides is 2. The molecule has 0 unspecified atom stereocenters. The first-order valence-electron chi connectivity index (χ1n) is 3.79. The Hall–Kier alpha value is 0.210. The van der Waals surface area contributed by atoms with Crippen LogP contribution in [0.2, 0.25) is 0 Å². The minimum absolute atomic E-state index is 0.360. The summed E-state index contributed by atoms with van der Waals surface area (Å²) in [6.07, 6.45) is 0.908. The first-order chi connectivity index (χ1) is 5.76. The number of halogens is 2. The molecule has 4 heteroatoms. The van der Waals surface area contributed by atoms with E-state index in [1.807, 2.05) is 6.92 Å². The van der Waals surface area contributed by atoms with E-state index >= 15 is 0 Å². The van der Waals surface area contributed by atoms with Crippen molar-refractivity contribution in [1.82, 2.24) is 4.98 Å². The molecule has 0 amide bonds. The molecule has 1 aromatic heterocycles. The summed E-state index contributed by atoms with van der Waals surface area (Å²) in [7, 11) is 0. The molecule has 0 aliphatic heterocycles. The lowest BCUT2D eigenvalue weighted by Gasteiger charge is -2.05. The Morgan fingerprint density at radius 1 is 1.50 bits per heavy atom. The highest BCUT2D eigenvalue weighted by Crippen LogP contribution is 2.15. The van der Waals surface area contributed by atoms with Crippen molar-refractivity contribution in [3.63, 3.8) is 0 Å². The van der Waals surface area contributed by atoms with E-state index in [-0.39, 0.29) is 0 Å². The van der Waals surface area contributed by atoms with Gasteiger partial charge in [0, 0.05) is 29.3 Å². The fraction of sp³-hybridized carbons (Fsp3) is 0.625. The molecule has 0 bridgehead atoms. The van der Waals surface area contributed by atoms with Gasteiger partial charge in [0.25, 0.3) is 0 Å². The summed E-state index contributed by atoms with van der Waals surface area (Å²) in [5.74, 6) is 1.59. The van der Waals surface area contributed by atoms with Crippen molar-refractivity contribution in [3.8, 4) is 0 Å². The third-order valence-corrected chi connectivity index (χ3v) is 3.43. The predicted octanol–water partition coefficient (Wildman–Crippen LogP) is 3.09. The SMILES string of the molecule is Cc1csc(CC(CCl)CCl)n1. The van der Waals surface area contributed by atoms with Crippen LogP contribution in [-0.4, -0.2) is 16.7 Å². The largest absolute Gasteiger partial charge is 0.247 e. The van der Waals surface area contributed by atoms with Crippen molar-refractivity contribution in [2.24, 2.45) is 5.92 Å². The lowest BCUT2D eigenvalue weighted by atomic mass is 10.1. The van der Waals surface area contributed by atoms with E-state index in [1.165, 1.54) is 0 Å². The molecular formula is C8H11Cl2NS. The van der Waals surface area contributed by atoms with Crippen LogP contribution in [0.15, 0.2) is 5.38 Å². The second kappa shape index (κ2) is 5.05. The molecule has 0 radical (unpaired) electrons. The molecule has 0 aliphatic carbocycles. The molecule has 1 heterocycles. The Morgan fingerprint density at radius 2 is 2.17 bits per heavy atom. The summed E-state index contributed by atoms with van der Waals surface area (Å²) in [5.41, 5.74) is 1.08. The molecule has 1 aromatic rings. The lowest BCUT2D eigenvalue weighted by Crippen LogP contribution is -2.07. The zero-order valence-corrected chi connectivity index (χ0v) is 9.22. The molecule has 0 spiro atoms. The normalized spacial score (nSPS) is 11.0. The number of thiazole rings is 1. The number of nitrogens with zero attached hydrogens (tertiary/aromatic N) is 1. The molecule has 0 saturated heterocycles. The highest BCUT2D eigenvalue weighted by atomic mass is 35.5. The van der Waals surface area contributed by atoms with E-state index in [0.29, 0.717) is 17.7 Å². The van der Waals surface area contributed by atoms with Crippen LogP contribution >= 0.6 is 34.5 Å². The molecule has 0 fully saturated rings. The molecule has 0 aliphatic rings. The van der Waals surface area contributed by atoms with Crippen LogP contribution in [0.3, 0.4) is 0 Å². The van der Waals surface area contributed by atoms with Crippen molar-refractivity contribution in [2.45, 2.75) is 13.3 Å². The number of hydrogen-bond acceptors (Lipinski definition) is 2. The van der Waals surface area contributed by atoms with Gasteiger partial charge in [0.15, 0.2) is 0 Å². The minimum Gasteiger partial charge on any atom is -0.247 e. The van der Waals surface area contributed by atoms with Gasteiger partial charge in [-0.1, -0.05) is 0 Å². The van der Waals surface area contributed by atoms with Crippen molar-refractivity contribution in [3.05, 3.63) is 16.1 Å². The van der Waals surface area contributed by atoms with Gasteiger partial charge in [-0.25, -0.2) is 4.98 Å². The minimum atomic E-state index is 0.360. The topological polar surface area (TPSA) is 12.9 Å². The van der Waals surface area contributed by atoms with Gasteiger partial charge < -0.3 is 0 Å². The van der Waals surface area contributed by atoms with E-state index in [1.54, 1.807) is 11.3 Å². The Balaban J connectivity index is 2.50. The van der Waals surface area contributed by atoms with Crippen LogP contribution in [0.25, 0.3) is 0 Å². The first kappa shape index (κ1) is 10.3. The summed E-state index contributed by atoms with van der Waals surface area (Å²) in [4.78, 5) is 4.35. The smallest absolute Gasteiger partial charge is 0.0931 e. The van der Waals surface area contributed by atoms with Gasteiger partial charge in [-0.15, -0.1) is 34.5 Å². The fourth-order valence-electron chi connectivity index (χ4n) is 0.894. The summed E-state index contributed by atoms with van der Waals surface area (Å²) in [5, 5.41) is 3.19. The third kappa shape index (κ3) is 2.92. The molecule has 0 atom stereocenters. The van der Waals surface area contributed by atoms with Crippen LogP contribution in [0.4, 0.5) is 0 Å². The van der Waals surface area contributed by atoms with Crippen molar-refractivity contribution >= 4 is 34.5 Å². The molecule has 0 saturated carbocycles. The highest BCUT2D eigenvalue weighted by Gasteiger charge is 2.09. The maximum Gasteiger partial charge on any atom is 0.0931 e. The highest BCUT2D eigenvalue weighted by molar-refractivity contribution is 7.09. The number of hydrogen-bond donors (Lipinski definition) is 0. The summed E-state index contributed by atoms with van der Waals surface area (Å²) < 4.78 is 0. The number of aryl methyl sites for hydroxylation is 1. The van der Waals surface area contributed by atoms with E-state index in [2.05, 4.69) is 10.4 Å².